The predicted molar refractivity (Wildman–Crippen MR) is 88.3 cm³/mol. The van der Waals surface area contributed by atoms with Crippen molar-refractivity contribution in [2.45, 2.75) is 50.9 Å². The van der Waals surface area contributed by atoms with Gasteiger partial charge in [-0.1, -0.05) is 74.9 Å². The van der Waals surface area contributed by atoms with Gasteiger partial charge in [0.1, 0.15) is 0 Å². The minimum absolute atomic E-state index is 0.454. The summed E-state index contributed by atoms with van der Waals surface area (Å²) < 4.78 is 0. The standard InChI is InChI=1S/C20H25N/c1-2-5-11-17(10-4-1)16-19(18-12-6-3-7-13-18)20-14-8-9-15-21-20/h3,6-9,12-15,17,19H,1-2,4-5,10-11,16H2. The fourth-order valence-electron chi connectivity index (χ4n) is 3.63. The molecule has 1 nitrogen and oxygen atoms in total. The van der Waals surface area contributed by atoms with E-state index >= 15 is 0 Å². The minimum atomic E-state index is 0.454. The van der Waals surface area contributed by atoms with Gasteiger partial charge >= 0.3 is 0 Å². The molecule has 1 aliphatic rings. The molecule has 1 atom stereocenters. The minimum Gasteiger partial charge on any atom is -0.261 e. The highest BCUT2D eigenvalue weighted by Gasteiger charge is 2.21. The average molecular weight is 279 g/mol. The van der Waals surface area contributed by atoms with Gasteiger partial charge in [-0.2, -0.15) is 0 Å². The van der Waals surface area contributed by atoms with Crippen LogP contribution in [-0.2, 0) is 0 Å². The Balaban J connectivity index is 1.82. The van der Waals surface area contributed by atoms with E-state index in [0.29, 0.717) is 5.92 Å². The molecule has 110 valence electrons. The molecule has 1 fully saturated rings. The molecule has 3 rings (SSSR count). The summed E-state index contributed by atoms with van der Waals surface area (Å²) in [6.07, 6.45) is 11.7. The van der Waals surface area contributed by atoms with Crippen LogP contribution in [0.2, 0.25) is 0 Å². The highest BCUT2D eigenvalue weighted by atomic mass is 14.7. The second-order valence-electron chi connectivity index (χ2n) is 6.31. The molecule has 0 spiro atoms. The zero-order valence-corrected chi connectivity index (χ0v) is 12.7. The quantitative estimate of drug-likeness (QED) is 0.666. The number of hydrogen-bond acceptors (Lipinski definition) is 1. The van der Waals surface area contributed by atoms with Crippen molar-refractivity contribution >= 4 is 0 Å². The zero-order valence-electron chi connectivity index (χ0n) is 12.7. The van der Waals surface area contributed by atoms with Crippen molar-refractivity contribution in [1.29, 1.82) is 0 Å². The number of rotatable bonds is 4. The van der Waals surface area contributed by atoms with Gasteiger partial charge in [0.2, 0.25) is 0 Å². The van der Waals surface area contributed by atoms with E-state index in [1.165, 1.54) is 56.2 Å². The third-order valence-electron chi connectivity index (χ3n) is 4.79. The van der Waals surface area contributed by atoms with Crippen LogP contribution in [0.4, 0.5) is 0 Å². The van der Waals surface area contributed by atoms with Gasteiger partial charge in [0, 0.05) is 17.8 Å². The van der Waals surface area contributed by atoms with Crippen LogP contribution in [0.3, 0.4) is 0 Å². The lowest BCUT2D eigenvalue weighted by atomic mass is 9.83. The fraction of sp³-hybridized carbons (Fsp3) is 0.450. The van der Waals surface area contributed by atoms with E-state index in [4.69, 9.17) is 0 Å². The highest BCUT2D eigenvalue weighted by molar-refractivity contribution is 5.28. The molecule has 0 saturated heterocycles. The first-order valence-corrected chi connectivity index (χ1v) is 8.39. The molecule has 1 saturated carbocycles. The van der Waals surface area contributed by atoms with Gasteiger partial charge in [-0.05, 0) is 30.0 Å². The molecule has 1 aromatic carbocycles. The molecule has 0 radical (unpaired) electrons. The Morgan fingerprint density at radius 2 is 1.57 bits per heavy atom. The normalized spacial score (nSPS) is 18.1. The maximum absolute atomic E-state index is 4.64. The summed E-state index contributed by atoms with van der Waals surface area (Å²) in [7, 11) is 0. The Morgan fingerprint density at radius 1 is 0.857 bits per heavy atom. The molecule has 1 aromatic heterocycles. The number of hydrogen-bond donors (Lipinski definition) is 0. The first kappa shape index (κ1) is 14.3. The van der Waals surface area contributed by atoms with Gasteiger partial charge in [-0.15, -0.1) is 0 Å². The Bertz CT molecular complexity index is 473. The second kappa shape index (κ2) is 7.40. The predicted octanol–water partition coefficient (Wildman–Crippen LogP) is 5.57. The van der Waals surface area contributed by atoms with Gasteiger partial charge in [-0.3, -0.25) is 4.98 Å². The van der Waals surface area contributed by atoms with E-state index in [9.17, 15) is 0 Å². The van der Waals surface area contributed by atoms with E-state index in [2.05, 4.69) is 47.4 Å². The van der Waals surface area contributed by atoms with E-state index in [1.807, 2.05) is 12.3 Å². The highest BCUT2D eigenvalue weighted by Crippen LogP contribution is 2.35. The SMILES string of the molecule is c1ccc(C(CC2CCCCCC2)c2ccccn2)cc1. The van der Waals surface area contributed by atoms with Crippen LogP contribution in [0.5, 0.6) is 0 Å². The molecule has 1 heterocycles. The number of benzene rings is 1. The van der Waals surface area contributed by atoms with Crippen LogP contribution in [0.1, 0.15) is 62.1 Å². The van der Waals surface area contributed by atoms with Crippen LogP contribution >= 0.6 is 0 Å². The topological polar surface area (TPSA) is 12.9 Å². The molecule has 1 unspecified atom stereocenters. The largest absolute Gasteiger partial charge is 0.261 e. The van der Waals surface area contributed by atoms with Gasteiger partial charge in [-0.25, -0.2) is 0 Å². The third-order valence-corrected chi connectivity index (χ3v) is 4.79. The fourth-order valence-corrected chi connectivity index (χ4v) is 3.63. The summed E-state index contributed by atoms with van der Waals surface area (Å²) in [5.74, 6) is 1.32. The number of pyridine rings is 1. The van der Waals surface area contributed by atoms with Crippen molar-refractivity contribution in [1.82, 2.24) is 4.98 Å². The molecule has 2 aromatic rings. The van der Waals surface area contributed by atoms with Crippen LogP contribution in [-0.4, -0.2) is 4.98 Å². The van der Waals surface area contributed by atoms with Gasteiger partial charge in [0.05, 0.1) is 0 Å². The van der Waals surface area contributed by atoms with Crippen molar-refractivity contribution in [3.8, 4) is 0 Å². The summed E-state index contributed by atoms with van der Waals surface area (Å²) in [6, 6.07) is 17.2. The summed E-state index contributed by atoms with van der Waals surface area (Å²) in [5.41, 5.74) is 2.65. The Hall–Kier alpha value is -1.63. The molecule has 21 heavy (non-hydrogen) atoms. The Labute approximate surface area is 128 Å². The average Bonchev–Trinajstić information content (AvgIpc) is 2.83. The smallest absolute Gasteiger partial charge is 0.0478 e. The molecule has 0 bridgehead atoms. The van der Waals surface area contributed by atoms with Crippen LogP contribution in [0.25, 0.3) is 0 Å². The number of aromatic nitrogens is 1. The molecular formula is C20H25N. The van der Waals surface area contributed by atoms with Crippen molar-refractivity contribution < 1.29 is 0 Å². The Kier molecular flexibility index (Phi) is 5.04. The van der Waals surface area contributed by atoms with Crippen LogP contribution in [0, 0.1) is 5.92 Å². The lowest BCUT2D eigenvalue weighted by Crippen LogP contribution is -2.10. The van der Waals surface area contributed by atoms with E-state index in [0.717, 1.165) is 5.92 Å². The van der Waals surface area contributed by atoms with Crippen molar-refractivity contribution in [2.24, 2.45) is 5.92 Å². The summed E-state index contributed by atoms with van der Waals surface area (Å²) in [6.45, 7) is 0. The lowest BCUT2D eigenvalue weighted by molar-refractivity contribution is 0.405. The van der Waals surface area contributed by atoms with Gasteiger partial charge < -0.3 is 0 Å². The summed E-state index contributed by atoms with van der Waals surface area (Å²) in [4.78, 5) is 4.64. The number of nitrogens with zero attached hydrogens (tertiary/aromatic N) is 1. The molecule has 1 aliphatic carbocycles. The van der Waals surface area contributed by atoms with Crippen LogP contribution < -0.4 is 0 Å². The maximum Gasteiger partial charge on any atom is 0.0478 e. The maximum atomic E-state index is 4.64. The summed E-state index contributed by atoms with van der Waals surface area (Å²) >= 11 is 0. The molecule has 0 aliphatic heterocycles. The van der Waals surface area contributed by atoms with Gasteiger partial charge in [0.15, 0.2) is 0 Å². The molecule has 0 amide bonds. The summed E-state index contributed by atoms with van der Waals surface area (Å²) in [5, 5.41) is 0. The van der Waals surface area contributed by atoms with E-state index < -0.39 is 0 Å². The van der Waals surface area contributed by atoms with E-state index in [1.54, 1.807) is 0 Å². The first-order valence-electron chi connectivity index (χ1n) is 8.39. The molecule has 1 heteroatoms. The van der Waals surface area contributed by atoms with Crippen molar-refractivity contribution in [3.05, 3.63) is 66.0 Å². The van der Waals surface area contributed by atoms with Crippen molar-refractivity contribution in [2.75, 3.05) is 0 Å². The zero-order chi connectivity index (χ0) is 14.3. The van der Waals surface area contributed by atoms with Gasteiger partial charge in [0.25, 0.3) is 0 Å². The van der Waals surface area contributed by atoms with E-state index in [-0.39, 0.29) is 0 Å². The second-order valence-corrected chi connectivity index (χ2v) is 6.31. The van der Waals surface area contributed by atoms with Crippen molar-refractivity contribution in [3.63, 3.8) is 0 Å². The molecule has 0 N–H and O–H groups in total. The monoisotopic (exact) mass is 279 g/mol. The third kappa shape index (κ3) is 3.93. The molecular weight excluding hydrogens is 254 g/mol. The first-order chi connectivity index (χ1) is 10.4. The lowest BCUT2D eigenvalue weighted by Gasteiger charge is -2.23. The Morgan fingerprint density at radius 3 is 2.24 bits per heavy atom. The van der Waals surface area contributed by atoms with Crippen LogP contribution in [0.15, 0.2) is 54.7 Å².